The van der Waals surface area contributed by atoms with E-state index in [0.717, 1.165) is 12.8 Å². The standard InChI is InChI=1S/C23H29F4NO3S/c1-5-7-10-30-12-13(3)28-22(32-4)18(23(29)31-6-2)17(14-8-9-14)15-11-16(24)20(26)21(27)19(15)25/h11,13,28H,5-10,12H2,1-4H3/b22-18-/t13-/m0/s1. The normalized spacial score (nSPS) is 14.7. The number of thioether (sulfide) groups is 1. The lowest BCUT2D eigenvalue weighted by molar-refractivity contribution is -0.138. The Morgan fingerprint density at radius 3 is 2.41 bits per heavy atom. The van der Waals surface area contributed by atoms with Crippen molar-refractivity contribution in [3.63, 3.8) is 0 Å². The lowest BCUT2D eigenvalue weighted by Crippen LogP contribution is -2.31. The molecule has 9 heteroatoms. The van der Waals surface area contributed by atoms with E-state index < -0.39 is 34.8 Å². The van der Waals surface area contributed by atoms with Gasteiger partial charge in [-0.05, 0) is 45.4 Å². The number of benzene rings is 1. The quantitative estimate of drug-likeness (QED) is 0.105. The van der Waals surface area contributed by atoms with E-state index in [2.05, 4.69) is 12.2 Å². The van der Waals surface area contributed by atoms with E-state index in [4.69, 9.17) is 9.47 Å². The Morgan fingerprint density at radius 2 is 1.84 bits per heavy atom. The molecule has 2 rings (SSSR count). The highest BCUT2D eigenvalue weighted by atomic mass is 32.2. The van der Waals surface area contributed by atoms with Crippen molar-refractivity contribution < 1.29 is 31.8 Å². The fraction of sp³-hybridized carbons (Fsp3) is 0.522. The highest BCUT2D eigenvalue weighted by Crippen LogP contribution is 2.44. The molecule has 0 saturated heterocycles. The van der Waals surface area contributed by atoms with Crippen LogP contribution >= 0.6 is 11.8 Å². The summed E-state index contributed by atoms with van der Waals surface area (Å²) in [7, 11) is 0. The van der Waals surface area contributed by atoms with Gasteiger partial charge in [-0.3, -0.25) is 0 Å². The van der Waals surface area contributed by atoms with Gasteiger partial charge in [0.15, 0.2) is 23.3 Å². The molecule has 0 aromatic heterocycles. The summed E-state index contributed by atoms with van der Waals surface area (Å²) in [4.78, 5) is 12.9. The molecule has 178 valence electrons. The number of carbonyl (C=O) groups is 1. The number of ether oxygens (including phenoxy) is 2. The number of rotatable bonds is 12. The first kappa shape index (κ1) is 26.3. The number of allylic oxidation sites excluding steroid dienone is 1. The van der Waals surface area contributed by atoms with Crippen molar-refractivity contribution >= 4 is 23.3 Å². The molecule has 1 aromatic carbocycles. The van der Waals surface area contributed by atoms with Crippen molar-refractivity contribution in [1.29, 1.82) is 0 Å². The fourth-order valence-electron chi connectivity index (χ4n) is 3.09. The van der Waals surface area contributed by atoms with Gasteiger partial charge in [0.05, 0.1) is 23.8 Å². The van der Waals surface area contributed by atoms with E-state index in [0.29, 0.717) is 42.7 Å². The van der Waals surface area contributed by atoms with Gasteiger partial charge < -0.3 is 14.8 Å². The molecule has 1 aromatic rings. The maximum Gasteiger partial charge on any atom is 0.341 e. The van der Waals surface area contributed by atoms with E-state index in [1.165, 1.54) is 11.8 Å². The number of hydrogen-bond donors (Lipinski definition) is 1. The van der Waals surface area contributed by atoms with Gasteiger partial charge in [0.1, 0.15) is 0 Å². The summed E-state index contributed by atoms with van der Waals surface area (Å²) in [6.07, 6.45) is 4.68. The van der Waals surface area contributed by atoms with Crippen molar-refractivity contribution in [2.75, 3.05) is 26.1 Å². The van der Waals surface area contributed by atoms with Gasteiger partial charge in [0.25, 0.3) is 0 Å². The van der Waals surface area contributed by atoms with Crippen LogP contribution in [0.25, 0.3) is 5.57 Å². The third-order valence-corrected chi connectivity index (χ3v) is 5.50. The molecule has 4 nitrogen and oxygen atoms in total. The number of unbranched alkanes of at least 4 members (excludes halogenated alkanes) is 1. The summed E-state index contributed by atoms with van der Waals surface area (Å²) < 4.78 is 67.1. The predicted molar refractivity (Wildman–Crippen MR) is 118 cm³/mol. The van der Waals surface area contributed by atoms with Crippen LogP contribution in [0.3, 0.4) is 0 Å². The molecule has 0 amide bonds. The van der Waals surface area contributed by atoms with Crippen molar-refractivity contribution in [1.82, 2.24) is 5.32 Å². The van der Waals surface area contributed by atoms with Crippen molar-refractivity contribution in [2.45, 2.75) is 52.5 Å². The van der Waals surface area contributed by atoms with Gasteiger partial charge in [0, 0.05) is 23.8 Å². The monoisotopic (exact) mass is 475 g/mol. The molecular weight excluding hydrogens is 446 g/mol. The van der Waals surface area contributed by atoms with Crippen LogP contribution < -0.4 is 5.32 Å². The zero-order chi connectivity index (χ0) is 23.8. The first-order valence-electron chi connectivity index (χ1n) is 10.6. The summed E-state index contributed by atoms with van der Waals surface area (Å²) in [6.45, 7) is 6.54. The number of halogens is 4. The van der Waals surface area contributed by atoms with Gasteiger partial charge in [-0.25, -0.2) is 22.4 Å². The summed E-state index contributed by atoms with van der Waals surface area (Å²) >= 11 is 1.18. The molecule has 1 fully saturated rings. The summed E-state index contributed by atoms with van der Waals surface area (Å²) in [5.74, 6) is -7.65. The van der Waals surface area contributed by atoms with Crippen LogP contribution in [0.2, 0.25) is 0 Å². The third kappa shape index (κ3) is 6.51. The van der Waals surface area contributed by atoms with Crippen LogP contribution in [0, 0.1) is 23.3 Å². The molecule has 0 aliphatic heterocycles. The van der Waals surface area contributed by atoms with E-state index in [-0.39, 0.29) is 23.8 Å². The average Bonchev–Trinajstić information content (AvgIpc) is 3.60. The minimum Gasteiger partial charge on any atom is -0.462 e. The summed E-state index contributed by atoms with van der Waals surface area (Å²) in [5.41, 5.74) is 0.140. The van der Waals surface area contributed by atoms with Gasteiger partial charge in [0.2, 0.25) is 0 Å². The molecule has 0 bridgehead atoms. The van der Waals surface area contributed by atoms with Crippen LogP contribution in [0.1, 0.15) is 52.0 Å². The smallest absolute Gasteiger partial charge is 0.341 e. The summed E-state index contributed by atoms with van der Waals surface area (Å²) in [5, 5.41) is 3.53. The highest BCUT2D eigenvalue weighted by Gasteiger charge is 2.33. The first-order chi connectivity index (χ1) is 15.3. The summed E-state index contributed by atoms with van der Waals surface area (Å²) in [6, 6.07) is 0.374. The van der Waals surface area contributed by atoms with Crippen molar-refractivity contribution in [2.24, 2.45) is 0 Å². The van der Waals surface area contributed by atoms with Gasteiger partial charge in [-0.15, -0.1) is 11.8 Å². The fourth-order valence-corrected chi connectivity index (χ4v) is 3.79. The number of nitrogens with one attached hydrogen (secondary N) is 1. The van der Waals surface area contributed by atoms with Crippen LogP contribution in [-0.4, -0.2) is 38.1 Å². The molecule has 1 atom stereocenters. The predicted octanol–water partition coefficient (Wildman–Crippen LogP) is 5.72. The van der Waals surface area contributed by atoms with E-state index >= 15 is 0 Å². The van der Waals surface area contributed by atoms with Gasteiger partial charge in [-0.2, -0.15) is 0 Å². The number of esters is 1. The Bertz CT molecular complexity index is 896. The Balaban J connectivity index is 2.55. The second-order valence-electron chi connectivity index (χ2n) is 7.43. The minimum atomic E-state index is -1.92. The number of hydrogen-bond acceptors (Lipinski definition) is 5. The minimum absolute atomic E-state index is 0.0310. The van der Waals surface area contributed by atoms with Crippen LogP contribution in [0.5, 0.6) is 0 Å². The molecule has 0 unspecified atom stereocenters. The van der Waals surface area contributed by atoms with E-state index in [9.17, 15) is 22.4 Å². The Morgan fingerprint density at radius 1 is 1.16 bits per heavy atom. The van der Waals surface area contributed by atoms with Crippen LogP contribution in [0.4, 0.5) is 17.6 Å². The average molecular weight is 476 g/mol. The first-order valence-corrected chi connectivity index (χ1v) is 11.8. The zero-order valence-electron chi connectivity index (χ0n) is 18.7. The van der Waals surface area contributed by atoms with Gasteiger partial charge in [-0.1, -0.05) is 18.9 Å². The molecule has 1 aliphatic carbocycles. The van der Waals surface area contributed by atoms with Gasteiger partial charge >= 0.3 is 5.97 Å². The second-order valence-corrected chi connectivity index (χ2v) is 8.25. The highest BCUT2D eigenvalue weighted by molar-refractivity contribution is 8.02. The zero-order valence-corrected chi connectivity index (χ0v) is 19.6. The van der Waals surface area contributed by atoms with Crippen molar-refractivity contribution in [3.05, 3.63) is 51.1 Å². The van der Waals surface area contributed by atoms with E-state index in [1.54, 1.807) is 13.2 Å². The molecular formula is C23H29F4NO3S. The molecule has 1 N–H and O–H groups in total. The van der Waals surface area contributed by atoms with E-state index in [1.807, 2.05) is 6.92 Å². The Hall–Kier alpha value is -2.00. The molecule has 32 heavy (non-hydrogen) atoms. The second kappa shape index (κ2) is 12.3. The molecule has 1 saturated carbocycles. The Labute approximate surface area is 190 Å². The third-order valence-electron chi connectivity index (χ3n) is 4.77. The Kier molecular flexibility index (Phi) is 10.1. The maximum absolute atomic E-state index is 14.7. The topological polar surface area (TPSA) is 47.6 Å². The molecule has 0 heterocycles. The SMILES string of the molecule is CCCCOC[C@H](C)N/C(SC)=C(/C(=O)OCC)C(=C1CC1)c1cc(F)c(F)c(F)c1F. The number of carbonyl (C=O) groups excluding carboxylic acids is 1. The van der Waals surface area contributed by atoms with Crippen molar-refractivity contribution in [3.8, 4) is 0 Å². The largest absolute Gasteiger partial charge is 0.462 e. The molecule has 1 aliphatic rings. The lowest BCUT2D eigenvalue weighted by atomic mass is 9.96. The van der Waals surface area contributed by atoms with Crippen LogP contribution in [0.15, 0.2) is 22.2 Å². The maximum atomic E-state index is 14.7. The lowest BCUT2D eigenvalue weighted by Gasteiger charge is -2.22. The molecule has 0 radical (unpaired) electrons. The molecule has 0 spiro atoms. The van der Waals surface area contributed by atoms with Crippen LogP contribution in [-0.2, 0) is 14.3 Å².